The quantitative estimate of drug-likeness (QED) is 0.805. The molecule has 0 radical (unpaired) electrons. The van der Waals surface area contributed by atoms with Gasteiger partial charge in [-0.15, -0.1) is 0 Å². The number of nitriles is 1. The van der Waals surface area contributed by atoms with Gasteiger partial charge in [-0.05, 0) is 31.0 Å². The van der Waals surface area contributed by atoms with Crippen molar-refractivity contribution in [3.63, 3.8) is 0 Å². The molecule has 0 aliphatic carbocycles. The standard InChI is InChI=1S/C12H14N4O/c1-8-2-9(4-13)6-15-12(8)16-7-10(5-14)3-11(16)17/h2,6,10H,3,5,7,14H2,1H3. The minimum absolute atomic E-state index is 0.0563. The first-order valence-corrected chi connectivity index (χ1v) is 5.53. The third kappa shape index (κ3) is 2.12. The number of aryl methyl sites for hydroxylation is 1. The third-order valence-corrected chi connectivity index (χ3v) is 2.97. The van der Waals surface area contributed by atoms with Gasteiger partial charge in [0.2, 0.25) is 5.91 Å². The molecule has 1 fully saturated rings. The van der Waals surface area contributed by atoms with E-state index in [0.717, 1.165) is 5.56 Å². The predicted molar refractivity (Wildman–Crippen MR) is 63.2 cm³/mol. The summed E-state index contributed by atoms with van der Waals surface area (Å²) in [5.41, 5.74) is 6.93. The molecule has 5 nitrogen and oxygen atoms in total. The number of aromatic nitrogens is 1. The molecule has 2 heterocycles. The van der Waals surface area contributed by atoms with E-state index < -0.39 is 0 Å². The number of carbonyl (C=O) groups is 1. The number of anilines is 1. The van der Waals surface area contributed by atoms with Gasteiger partial charge in [0, 0.05) is 19.2 Å². The number of carbonyl (C=O) groups excluding carboxylic acids is 1. The van der Waals surface area contributed by atoms with Gasteiger partial charge in [-0.25, -0.2) is 4.98 Å². The van der Waals surface area contributed by atoms with Crippen molar-refractivity contribution < 1.29 is 4.79 Å². The van der Waals surface area contributed by atoms with Crippen LogP contribution in [0.5, 0.6) is 0 Å². The van der Waals surface area contributed by atoms with E-state index in [9.17, 15) is 4.79 Å². The lowest BCUT2D eigenvalue weighted by molar-refractivity contribution is -0.117. The maximum Gasteiger partial charge on any atom is 0.228 e. The molecule has 0 aromatic carbocycles. The van der Waals surface area contributed by atoms with Crippen molar-refractivity contribution in [2.45, 2.75) is 13.3 Å². The maximum absolute atomic E-state index is 11.8. The first kappa shape index (κ1) is 11.6. The molecule has 1 saturated heterocycles. The molecule has 2 rings (SSSR count). The van der Waals surface area contributed by atoms with Gasteiger partial charge < -0.3 is 5.73 Å². The van der Waals surface area contributed by atoms with Crippen molar-refractivity contribution in [2.75, 3.05) is 18.0 Å². The van der Waals surface area contributed by atoms with Crippen LogP contribution >= 0.6 is 0 Å². The lowest BCUT2D eigenvalue weighted by Crippen LogP contribution is -2.27. The predicted octanol–water partition coefficient (Wildman–Crippen LogP) is 0.573. The van der Waals surface area contributed by atoms with Gasteiger partial charge in [-0.2, -0.15) is 5.26 Å². The molecule has 1 aliphatic heterocycles. The highest BCUT2D eigenvalue weighted by molar-refractivity contribution is 5.95. The van der Waals surface area contributed by atoms with Gasteiger partial charge in [-0.3, -0.25) is 9.69 Å². The molecule has 1 aliphatic rings. The van der Waals surface area contributed by atoms with Gasteiger partial charge in [0.25, 0.3) is 0 Å². The Labute approximate surface area is 99.9 Å². The second-order valence-electron chi connectivity index (χ2n) is 4.29. The van der Waals surface area contributed by atoms with Gasteiger partial charge in [0.1, 0.15) is 11.9 Å². The van der Waals surface area contributed by atoms with Crippen LogP contribution in [0.3, 0.4) is 0 Å². The number of nitrogens with two attached hydrogens (primary N) is 1. The average molecular weight is 230 g/mol. The Hall–Kier alpha value is -1.93. The molecule has 0 bridgehead atoms. The van der Waals surface area contributed by atoms with E-state index >= 15 is 0 Å². The van der Waals surface area contributed by atoms with Gasteiger partial charge in [0.15, 0.2) is 0 Å². The van der Waals surface area contributed by atoms with Crippen LogP contribution in [0.1, 0.15) is 17.5 Å². The van der Waals surface area contributed by atoms with Crippen molar-refractivity contribution >= 4 is 11.7 Å². The van der Waals surface area contributed by atoms with Crippen LogP contribution in [0.25, 0.3) is 0 Å². The zero-order valence-electron chi connectivity index (χ0n) is 9.68. The first-order valence-electron chi connectivity index (χ1n) is 5.53. The van der Waals surface area contributed by atoms with Crippen molar-refractivity contribution in [3.8, 4) is 6.07 Å². The van der Waals surface area contributed by atoms with Crippen LogP contribution in [0.2, 0.25) is 0 Å². The van der Waals surface area contributed by atoms with E-state index in [1.165, 1.54) is 6.20 Å². The van der Waals surface area contributed by atoms with Gasteiger partial charge in [0.05, 0.1) is 5.56 Å². The lowest BCUT2D eigenvalue weighted by atomic mass is 10.1. The molecular weight excluding hydrogens is 216 g/mol. The summed E-state index contributed by atoms with van der Waals surface area (Å²) in [5.74, 6) is 0.907. The zero-order chi connectivity index (χ0) is 12.4. The Kier molecular flexibility index (Phi) is 3.07. The molecule has 5 heteroatoms. The third-order valence-electron chi connectivity index (χ3n) is 2.97. The molecule has 0 spiro atoms. The molecule has 0 saturated carbocycles. The second kappa shape index (κ2) is 4.52. The number of rotatable bonds is 2. The minimum Gasteiger partial charge on any atom is -0.330 e. The van der Waals surface area contributed by atoms with Crippen LogP contribution in [0, 0.1) is 24.2 Å². The second-order valence-corrected chi connectivity index (χ2v) is 4.29. The molecule has 2 N–H and O–H groups in total. The summed E-state index contributed by atoms with van der Waals surface area (Å²) in [5, 5.41) is 8.76. The topological polar surface area (TPSA) is 83.0 Å². The fraction of sp³-hybridized carbons (Fsp3) is 0.417. The van der Waals surface area contributed by atoms with E-state index in [1.807, 2.05) is 13.0 Å². The Morgan fingerprint density at radius 1 is 1.71 bits per heavy atom. The van der Waals surface area contributed by atoms with Crippen LogP contribution in [0.15, 0.2) is 12.3 Å². The highest BCUT2D eigenvalue weighted by atomic mass is 16.2. The molecule has 1 atom stereocenters. The van der Waals surface area contributed by atoms with E-state index in [1.54, 1.807) is 11.0 Å². The lowest BCUT2D eigenvalue weighted by Gasteiger charge is -2.17. The molecule has 1 amide bonds. The smallest absolute Gasteiger partial charge is 0.228 e. The zero-order valence-corrected chi connectivity index (χ0v) is 9.68. The molecule has 1 aromatic heterocycles. The van der Waals surface area contributed by atoms with Crippen LogP contribution in [-0.4, -0.2) is 24.0 Å². The number of pyridine rings is 1. The van der Waals surface area contributed by atoms with Gasteiger partial charge >= 0.3 is 0 Å². The van der Waals surface area contributed by atoms with Crippen molar-refractivity contribution in [1.29, 1.82) is 5.26 Å². The molecule has 1 aromatic rings. The maximum atomic E-state index is 11.8. The van der Waals surface area contributed by atoms with E-state index in [-0.39, 0.29) is 11.8 Å². The number of hydrogen-bond donors (Lipinski definition) is 1. The van der Waals surface area contributed by atoms with Crippen molar-refractivity contribution in [2.24, 2.45) is 11.7 Å². The number of hydrogen-bond acceptors (Lipinski definition) is 4. The monoisotopic (exact) mass is 230 g/mol. The summed E-state index contributed by atoms with van der Waals surface area (Å²) < 4.78 is 0. The van der Waals surface area contributed by atoms with Crippen molar-refractivity contribution in [3.05, 3.63) is 23.4 Å². The fourth-order valence-electron chi connectivity index (χ4n) is 2.06. The van der Waals surface area contributed by atoms with E-state index in [0.29, 0.717) is 30.9 Å². The molecule has 88 valence electrons. The summed E-state index contributed by atoms with van der Waals surface area (Å²) >= 11 is 0. The minimum atomic E-state index is 0.0563. The molecule has 1 unspecified atom stereocenters. The van der Waals surface area contributed by atoms with Crippen LogP contribution in [-0.2, 0) is 4.79 Å². The summed E-state index contributed by atoms with van der Waals surface area (Å²) in [6, 6.07) is 3.77. The van der Waals surface area contributed by atoms with Crippen LogP contribution < -0.4 is 10.6 Å². The molecule has 17 heavy (non-hydrogen) atoms. The van der Waals surface area contributed by atoms with Crippen LogP contribution in [0.4, 0.5) is 5.82 Å². The average Bonchev–Trinajstić information content (AvgIpc) is 2.70. The Morgan fingerprint density at radius 2 is 2.47 bits per heavy atom. The van der Waals surface area contributed by atoms with Crippen molar-refractivity contribution in [1.82, 2.24) is 4.98 Å². The number of nitrogens with zero attached hydrogens (tertiary/aromatic N) is 3. The SMILES string of the molecule is Cc1cc(C#N)cnc1N1CC(CN)CC1=O. The summed E-state index contributed by atoms with van der Waals surface area (Å²) in [6.07, 6.45) is 1.98. The summed E-state index contributed by atoms with van der Waals surface area (Å²) in [6.45, 7) is 2.98. The Bertz CT molecular complexity index is 492. The number of amides is 1. The van der Waals surface area contributed by atoms with E-state index in [4.69, 9.17) is 11.0 Å². The normalized spacial score (nSPS) is 19.5. The largest absolute Gasteiger partial charge is 0.330 e. The molecular formula is C12H14N4O. The van der Waals surface area contributed by atoms with Gasteiger partial charge in [-0.1, -0.05) is 0 Å². The van der Waals surface area contributed by atoms with E-state index in [2.05, 4.69) is 4.98 Å². The summed E-state index contributed by atoms with van der Waals surface area (Å²) in [7, 11) is 0. The Morgan fingerprint density at radius 3 is 3.00 bits per heavy atom. The fourth-order valence-corrected chi connectivity index (χ4v) is 2.06. The summed E-state index contributed by atoms with van der Waals surface area (Å²) in [4.78, 5) is 17.7. The highest BCUT2D eigenvalue weighted by Crippen LogP contribution is 2.25. The first-order chi connectivity index (χ1) is 8.15. The Balaban J connectivity index is 2.29. The highest BCUT2D eigenvalue weighted by Gasteiger charge is 2.31.